The van der Waals surface area contributed by atoms with Gasteiger partial charge in [0.1, 0.15) is 5.75 Å². The van der Waals surface area contributed by atoms with Gasteiger partial charge in [0.25, 0.3) is 11.1 Å². The highest BCUT2D eigenvalue weighted by Gasteiger charge is 2.34. The van der Waals surface area contributed by atoms with Crippen LogP contribution >= 0.6 is 34.4 Å². The van der Waals surface area contributed by atoms with Crippen molar-refractivity contribution in [2.45, 2.75) is 0 Å². The third-order valence-electron chi connectivity index (χ3n) is 3.38. The number of imide groups is 1. The van der Waals surface area contributed by atoms with Crippen LogP contribution in [0.15, 0.2) is 53.4 Å². The van der Waals surface area contributed by atoms with Crippen molar-refractivity contribution < 1.29 is 14.7 Å². The Morgan fingerprint density at radius 1 is 1.12 bits per heavy atom. The maximum atomic E-state index is 12.4. The van der Waals surface area contributed by atoms with Crippen LogP contribution in [-0.2, 0) is 4.79 Å². The summed E-state index contributed by atoms with van der Waals surface area (Å²) in [7, 11) is 0. The highest BCUT2D eigenvalue weighted by atomic mass is 127. The molecule has 1 aliphatic rings. The molecule has 2 amide bonds. The van der Waals surface area contributed by atoms with Gasteiger partial charge < -0.3 is 10.4 Å². The highest BCUT2D eigenvalue weighted by Crippen LogP contribution is 2.33. The van der Waals surface area contributed by atoms with Gasteiger partial charge in [-0.3, -0.25) is 14.5 Å². The first-order valence-electron chi connectivity index (χ1n) is 7.07. The minimum Gasteiger partial charge on any atom is -0.507 e. The van der Waals surface area contributed by atoms with E-state index in [1.165, 1.54) is 12.1 Å². The van der Waals surface area contributed by atoms with E-state index in [0.29, 0.717) is 10.5 Å². The number of amides is 2. The third-order valence-corrected chi connectivity index (χ3v) is 5.01. The number of thioether (sulfide) groups is 1. The second kappa shape index (κ2) is 7.27. The van der Waals surface area contributed by atoms with E-state index < -0.39 is 0 Å². The fraction of sp³-hybridized carbons (Fsp3) is 0.0588. The Morgan fingerprint density at radius 3 is 2.54 bits per heavy atom. The highest BCUT2D eigenvalue weighted by molar-refractivity contribution is 14.1. The molecule has 0 saturated carbocycles. The van der Waals surface area contributed by atoms with Gasteiger partial charge in [-0.2, -0.15) is 0 Å². The first-order chi connectivity index (χ1) is 11.5. The lowest BCUT2D eigenvalue weighted by Crippen LogP contribution is -2.33. The number of nitrogens with zero attached hydrogens (tertiary/aromatic N) is 1. The van der Waals surface area contributed by atoms with Crippen LogP contribution in [0.5, 0.6) is 5.75 Å². The minimum absolute atomic E-state index is 0.0707. The number of phenols is 1. The quantitative estimate of drug-likeness (QED) is 0.540. The van der Waals surface area contributed by atoms with Crippen LogP contribution in [0.3, 0.4) is 0 Å². The van der Waals surface area contributed by atoms with Crippen molar-refractivity contribution in [2.24, 2.45) is 0 Å². The fourth-order valence-electron chi connectivity index (χ4n) is 2.13. The van der Waals surface area contributed by atoms with E-state index in [9.17, 15) is 14.7 Å². The Bertz CT molecular complexity index is 821. The fourth-order valence-corrected chi connectivity index (χ4v) is 3.31. The summed E-state index contributed by atoms with van der Waals surface area (Å²) in [5.74, 6) is -0.299. The topological polar surface area (TPSA) is 69.6 Å². The number of carbonyl (C=O) groups is 2. The first-order valence-corrected chi connectivity index (χ1v) is 8.97. The number of rotatable bonds is 4. The van der Waals surface area contributed by atoms with Crippen molar-refractivity contribution >= 4 is 57.3 Å². The molecule has 0 spiro atoms. The molecule has 24 heavy (non-hydrogen) atoms. The van der Waals surface area contributed by atoms with Crippen LogP contribution in [0, 0.1) is 3.57 Å². The van der Waals surface area contributed by atoms with Gasteiger partial charge in [-0.05, 0) is 70.8 Å². The van der Waals surface area contributed by atoms with Crippen molar-refractivity contribution in [3.05, 3.63) is 62.6 Å². The second-order valence-electron chi connectivity index (χ2n) is 5.01. The molecule has 0 aliphatic carbocycles. The van der Waals surface area contributed by atoms with Gasteiger partial charge in [0.05, 0.1) is 11.6 Å². The molecule has 1 heterocycles. The maximum absolute atomic E-state index is 12.4. The zero-order valence-electron chi connectivity index (χ0n) is 12.4. The average Bonchev–Trinajstić information content (AvgIpc) is 2.83. The summed E-state index contributed by atoms with van der Waals surface area (Å²) >= 11 is 3.08. The minimum atomic E-state index is -0.369. The molecular weight excluding hydrogens is 439 g/mol. The van der Waals surface area contributed by atoms with E-state index in [1.807, 2.05) is 24.3 Å². The van der Waals surface area contributed by atoms with Gasteiger partial charge in [0.2, 0.25) is 0 Å². The lowest BCUT2D eigenvalue weighted by Gasteiger charge is -2.14. The number of anilines is 1. The molecule has 122 valence electrons. The van der Waals surface area contributed by atoms with Crippen LogP contribution in [0.1, 0.15) is 5.56 Å². The first kappa shape index (κ1) is 16.8. The lowest BCUT2D eigenvalue weighted by atomic mass is 10.2. The molecule has 3 rings (SSSR count). The summed E-state index contributed by atoms with van der Waals surface area (Å²) < 4.78 is 1.11. The maximum Gasteiger partial charge on any atom is 0.295 e. The number of phenolic OH excluding ortho intramolecular Hbond substituents is 1. The molecule has 0 bridgehead atoms. The van der Waals surface area contributed by atoms with E-state index in [0.717, 1.165) is 25.9 Å². The van der Waals surface area contributed by atoms with E-state index in [-0.39, 0.29) is 23.6 Å². The van der Waals surface area contributed by atoms with Crippen LogP contribution in [0.25, 0.3) is 6.08 Å². The summed E-state index contributed by atoms with van der Waals surface area (Å²) in [5.41, 5.74) is 1.34. The number of hydrogen-bond donors (Lipinski definition) is 2. The van der Waals surface area contributed by atoms with Crippen molar-refractivity contribution in [2.75, 3.05) is 12.0 Å². The van der Waals surface area contributed by atoms with Crippen LogP contribution in [0.4, 0.5) is 10.5 Å². The number of hydrogen-bond acceptors (Lipinski definition) is 5. The third kappa shape index (κ3) is 3.73. The van der Waals surface area contributed by atoms with Crippen molar-refractivity contribution in [3.63, 3.8) is 0 Å². The van der Waals surface area contributed by atoms with Gasteiger partial charge in [-0.1, -0.05) is 18.2 Å². The van der Waals surface area contributed by atoms with Crippen LogP contribution in [0.2, 0.25) is 0 Å². The molecule has 0 unspecified atom stereocenters. The zero-order chi connectivity index (χ0) is 17.1. The van der Waals surface area contributed by atoms with Gasteiger partial charge >= 0.3 is 0 Å². The summed E-state index contributed by atoms with van der Waals surface area (Å²) in [6, 6.07) is 14.3. The van der Waals surface area contributed by atoms with Gasteiger partial charge in [0, 0.05) is 14.8 Å². The Morgan fingerprint density at radius 2 is 1.83 bits per heavy atom. The summed E-state index contributed by atoms with van der Waals surface area (Å²) in [6.07, 6.45) is 1.53. The van der Waals surface area contributed by atoms with Crippen LogP contribution in [-0.4, -0.2) is 27.8 Å². The largest absolute Gasteiger partial charge is 0.507 e. The molecule has 7 heteroatoms. The predicted octanol–water partition coefficient (Wildman–Crippen LogP) is 4.10. The van der Waals surface area contributed by atoms with Gasteiger partial charge in [0.15, 0.2) is 0 Å². The number of benzene rings is 2. The van der Waals surface area contributed by atoms with E-state index in [2.05, 4.69) is 27.9 Å². The molecule has 2 N–H and O–H groups in total. The summed E-state index contributed by atoms with van der Waals surface area (Å²) in [4.78, 5) is 25.9. The smallest absolute Gasteiger partial charge is 0.295 e. The van der Waals surface area contributed by atoms with Gasteiger partial charge in [-0.15, -0.1) is 0 Å². The molecule has 2 aromatic carbocycles. The zero-order valence-corrected chi connectivity index (χ0v) is 15.4. The summed E-state index contributed by atoms with van der Waals surface area (Å²) in [6.45, 7) is 0.101. The van der Waals surface area contributed by atoms with Crippen molar-refractivity contribution in [1.82, 2.24) is 4.90 Å². The number of halogens is 1. The molecule has 0 aromatic heterocycles. The standard InChI is InChI=1S/C17H13IN2O3S/c18-12-5-7-13(8-6-12)19-10-20-16(22)15(24-17(20)23)9-11-3-1-2-4-14(11)21/h1-9,19,21H,10H2/b15-9+. The molecule has 1 saturated heterocycles. The Hall–Kier alpha value is -2.00. The number of nitrogens with one attached hydrogen (secondary N) is 1. The van der Waals surface area contributed by atoms with E-state index >= 15 is 0 Å². The predicted molar refractivity (Wildman–Crippen MR) is 104 cm³/mol. The number of aromatic hydroxyl groups is 1. The number of carbonyl (C=O) groups excluding carboxylic acids is 2. The SMILES string of the molecule is O=C1S/C(=C/c2ccccc2O)C(=O)N1CNc1ccc(I)cc1. The Kier molecular flexibility index (Phi) is 5.10. The molecule has 1 aliphatic heterocycles. The van der Waals surface area contributed by atoms with E-state index in [4.69, 9.17) is 0 Å². The van der Waals surface area contributed by atoms with Gasteiger partial charge in [-0.25, -0.2) is 0 Å². The molecule has 2 aromatic rings. The van der Waals surface area contributed by atoms with Crippen molar-refractivity contribution in [1.29, 1.82) is 0 Å². The molecule has 5 nitrogen and oxygen atoms in total. The van der Waals surface area contributed by atoms with E-state index in [1.54, 1.807) is 18.2 Å². The van der Waals surface area contributed by atoms with Crippen molar-refractivity contribution in [3.8, 4) is 5.75 Å². The summed E-state index contributed by atoms with van der Waals surface area (Å²) in [5, 5.41) is 12.5. The monoisotopic (exact) mass is 452 g/mol. The molecule has 0 atom stereocenters. The number of para-hydroxylation sites is 1. The Labute approximate surface area is 156 Å². The molecule has 0 radical (unpaired) electrons. The van der Waals surface area contributed by atoms with Crippen LogP contribution < -0.4 is 5.32 Å². The molecular formula is C17H13IN2O3S. The lowest BCUT2D eigenvalue weighted by molar-refractivity contribution is -0.122. The Balaban J connectivity index is 1.72. The second-order valence-corrected chi connectivity index (χ2v) is 7.25. The normalized spacial score (nSPS) is 16.0. The molecule has 1 fully saturated rings. The average molecular weight is 452 g/mol.